The summed E-state index contributed by atoms with van der Waals surface area (Å²) >= 11 is 0. The zero-order chi connectivity index (χ0) is 10.2. The fraction of sp³-hybridized carbons (Fsp3) is 0.917. The highest BCUT2D eigenvalue weighted by Crippen LogP contribution is 2.42. The number of hydrogen-bond donors (Lipinski definition) is 1. The summed E-state index contributed by atoms with van der Waals surface area (Å²) in [6.07, 6.45) is 4.61. The van der Waals surface area contributed by atoms with Gasteiger partial charge in [-0.25, -0.2) is 0 Å². The Hall–Kier alpha value is -0.370. The quantitative estimate of drug-likeness (QED) is 0.746. The van der Waals surface area contributed by atoms with E-state index in [1.807, 2.05) is 0 Å². The Labute approximate surface area is 86.5 Å². The van der Waals surface area contributed by atoms with Gasteiger partial charge in [0.05, 0.1) is 0 Å². The lowest BCUT2D eigenvalue weighted by molar-refractivity contribution is -0.137. The van der Waals surface area contributed by atoms with Crippen molar-refractivity contribution in [2.75, 3.05) is 13.1 Å². The van der Waals surface area contributed by atoms with Crippen LogP contribution in [-0.4, -0.2) is 18.9 Å². The summed E-state index contributed by atoms with van der Waals surface area (Å²) in [4.78, 5) is 12.4. The van der Waals surface area contributed by atoms with Gasteiger partial charge in [0.2, 0.25) is 0 Å². The average molecular weight is 195 g/mol. The minimum atomic E-state index is -0.0227. The third kappa shape index (κ3) is 1.40. The number of carbonyl (C=O) groups is 1. The van der Waals surface area contributed by atoms with Gasteiger partial charge in [-0.1, -0.05) is 20.3 Å². The van der Waals surface area contributed by atoms with E-state index in [1.54, 1.807) is 0 Å². The van der Waals surface area contributed by atoms with Crippen LogP contribution in [0.5, 0.6) is 0 Å². The van der Waals surface area contributed by atoms with Gasteiger partial charge in [-0.3, -0.25) is 4.79 Å². The number of rotatable bonds is 3. The predicted octanol–water partition coefficient (Wildman–Crippen LogP) is 1.99. The molecule has 0 aromatic rings. The Balaban J connectivity index is 2.12. The molecule has 2 heteroatoms. The fourth-order valence-electron chi connectivity index (χ4n) is 2.78. The molecule has 2 rings (SSSR count). The minimum absolute atomic E-state index is 0.0227. The van der Waals surface area contributed by atoms with E-state index in [0.29, 0.717) is 17.6 Å². The van der Waals surface area contributed by atoms with E-state index in [4.69, 9.17) is 0 Å². The number of ketones is 1. The summed E-state index contributed by atoms with van der Waals surface area (Å²) in [6.45, 7) is 6.34. The van der Waals surface area contributed by atoms with Crippen LogP contribution in [0.15, 0.2) is 0 Å². The SMILES string of the molecule is CC(C)C1(C(=O)C2CCC2)CCNC1. The van der Waals surface area contributed by atoms with Crippen LogP contribution in [0.2, 0.25) is 0 Å². The molecule has 0 aromatic carbocycles. The maximum atomic E-state index is 12.4. The maximum absolute atomic E-state index is 12.4. The van der Waals surface area contributed by atoms with E-state index in [0.717, 1.165) is 32.4 Å². The van der Waals surface area contributed by atoms with Crippen molar-refractivity contribution in [3.63, 3.8) is 0 Å². The molecule has 1 N–H and O–H groups in total. The summed E-state index contributed by atoms with van der Waals surface area (Å²) in [5, 5.41) is 3.36. The molecule has 1 saturated carbocycles. The van der Waals surface area contributed by atoms with Crippen LogP contribution in [0.25, 0.3) is 0 Å². The van der Waals surface area contributed by atoms with E-state index >= 15 is 0 Å². The van der Waals surface area contributed by atoms with Crippen LogP contribution in [-0.2, 0) is 4.79 Å². The molecule has 1 heterocycles. The van der Waals surface area contributed by atoms with Crippen LogP contribution in [0.3, 0.4) is 0 Å². The lowest BCUT2D eigenvalue weighted by Gasteiger charge is -2.37. The Morgan fingerprint density at radius 1 is 1.43 bits per heavy atom. The molecule has 1 unspecified atom stereocenters. The molecule has 2 aliphatic rings. The topological polar surface area (TPSA) is 29.1 Å². The third-order valence-electron chi connectivity index (χ3n) is 4.26. The molecule has 14 heavy (non-hydrogen) atoms. The molecule has 80 valence electrons. The summed E-state index contributed by atoms with van der Waals surface area (Å²) in [5.74, 6) is 1.45. The molecule has 1 aliphatic carbocycles. The van der Waals surface area contributed by atoms with Gasteiger partial charge < -0.3 is 5.32 Å². The molecule has 0 amide bonds. The molecule has 0 aromatic heterocycles. The second-order valence-corrected chi connectivity index (χ2v) is 5.23. The van der Waals surface area contributed by atoms with Crippen LogP contribution >= 0.6 is 0 Å². The monoisotopic (exact) mass is 195 g/mol. The van der Waals surface area contributed by atoms with E-state index in [2.05, 4.69) is 19.2 Å². The van der Waals surface area contributed by atoms with Crippen molar-refractivity contribution >= 4 is 5.78 Å². The second kappa shape index (κ2) is 3.65. The zero-order valence-corrected chi connectivity index (χ0v) is 9.31. The minimum Gasteiger partial charge on any atom is -0.316 e. The van der Waals surface area contributed by atoms with Gasteiger partial charge in [0.15, 0.2) is 0 Å². The molecule has 1 saturated heterocycles. The van der Waals surface area contributed by atoms with E-state index in [1.165, 1.54) is 6.42 Å². The Bertz CT molecular complexity index is 224. The molecule has 0 spiro atoms. The van der Waals surface area contributed by atoms with Gasteiger partial charge in [0.25, 0.3) is 0 Å². The first-order valence-electron chi connectivity index (χ1n) is 5.92. The number of Topliss-reactive ketones (excluding diaryl/α,β-unsaturated/α-hetero) is 1. The van der Waals surface area contributed by atoms with Crippen molar-refractivity contribution in [1.29, 1.82) is 0 Å². The first-order valence-corrected chi connectivity index (χ1v) is 5.92. The van der Waals surface area contributed by atoms with Gasteiger partial charge in [-0.15, -0.1) is 0 Å². The molecule has 0 bridgehead atoms. The van der Waals surface area contributed by atoms with Gasteiger partial charge in [0.1, 0.15) is 5.78 Å². The smallest absolute Gasteiger partial charge is 0.143 e. The third-order valence-corrected chi connectivity index (χ3v) is 4.26. The van der Waals surface area contributed by atoms with E-state index < -0.39 is 0 Å². The molecule has 1 atom stereocenters. The van der Waals surface area contributed by atoms with Crippen molar-refractivity contribution < 1.29 is 4.79 Å². The van der Waals surface area contributed by atoms with E-state index in [-0.39, 0.29) is 5.41 Å². The van der Waals surface area contributed by atoms with Crippen LogP contribution in [0.1, 0.15) is 39.5 Å². The van der Waals surface area contributed by atoms with Crippen molar-refractivity contribution in [3.8, 4) is 0 Å². The molecular formula is C12H21NO. The predicted molar refractivity (Wildman–Crippen MR) is 57.1 cm³/mol. The number of hydrogen-bond acceptors (Lipinski definition) is 2. The highest BCUT2D eigenvalue weighted by atomic mass is 16.1. The summed E-state index contributed by atoms with van der Waals surface area (Å²) in [6, 6.07) is 0. The molecule has 2 fully saturated rings. The summed E-state index contributed by atoms with van der Waals surface area (Å²) < 4.78 is 0. The first kappa shape index (κ1) is 10.2. The highest BCUT2D eigenvalue weighted by molar-refractivity contribution is 5.88. The van der Waals surface area contributed by atoms with Gasteiger partial charge in [-0.05, 0) is 31.7 Å². The molecular weight excluding hydrogens is 174 g/mol. The fourth-order valence-corrected chi connectivity index (χ4v) is 2.78. The second-order valence-electron chi connectivity index (χ2n) is 5.23. The lowest BCUT2D eigenvalue weighted by atomic mass is 9.65. The number of nitrogens with one attached hydrogen (secondary N) is 1. The first-order chi connectivity index (χ1) is 6.67. The van der Waals surface area contributed by atoms with E-state index in [9.17, 15) is 4.79 Å². The Morgan fingerprint density at radius 2 is 2.14 bits per heavy atom. The zero-order valence-electron chi connectivity index (χ0n) is 9.31. The van der Waals surface area contributed by atoms with Crippen molar-refractivity contribution in [2.45, 2.75) is 39.5 Å². The average Bonchev–Trinajstić information content (AvgIpc) is 2.49. The summed E-state index contributed by atoms with van der Waals surface area (Å²) in [5.41, 5.74) is -0.0227. The van der Waals surface area contributed by atoms with Crippen molar-refractivity contribution in [1.82, 2.24) is 5.32 Å². The van der Waals surface area contributed by atoms with Crippen LogP contribution in [0.4, 0.5) is 0 Å². The van der Waals surface area contributed by atoms with Crippen LogP contribution < -0.4 is 5.32 Å². The molecule has 1 aliphatic heterocycles. The molecule has 2 nitrogen and oxygen atoms in total. The van der Waals surface area contributed by atoms with Gasteiger partial charge >= 0.3 is 0 Å². The maximum Gasteiger partial charge on any atom is 0.143 e. The number of carbonyl (C=O) groups excluding carboxylic acids is 1. The van der Waals surface area contributed by atoms with Gasteiger partial charge in [0, 0.05) is 17.9 Å². The molecule has 0 radical (unpaired) electrons. The Morgan fingerprint density at radius 3 is 2.50 bits per heavy atom. The van der Waals surface area contributed by atoms with Crippen molar-refractivity contribution in [2.24, 2.45) is 17.3 Å². The normalized spacial score (nSPS) is 33.4. The standard InChI is InChI=1S/C12H21NO/c1-9(2)12(6-7-13-8-12)11(14)10-4-3-5-10/h9-10,13H,3-8H2,1-2H3. The largest absolute Gasteiger partial charge is 0.316 e. The highest BCUT2D eigenvalue weighted by Gasteiger charge is 2.47. The summed E-state index contributed by atoms with van der Waals surface area (Å²) in [7, 11) is 0. The van der Waals surface area contributed by atoms with Crippen molar-refractivity contribution in [3.05, 3.63) is 0 Å². The van der Waals surface area contributed by atoms with Crippen LogP contribution in [0, 0.1) is 17.3 Å². The lowest BCUT2D eigenvalue weighted by Crippen LogP contribution is -2.44. The Kier molecular flexibility index (Phi) is 2.65. The van der Waals surface area contributed by atoms with Gasteiger partial charge in [-0.2, -0.15) is 0 Å².